The first-order valence-corrected chi connectivity index (χ1v) is 4.03. The molecule has 2 rings (SSSR count). The summed E-state index contributed by atoms with van der Waals surface area (Å²) in [7, 11) is 0. The van der Waals surface area contributed by atoms with E-state index in [2.05, 4.69) is 5.10 Å². The topological polar surface area (TPSA) is 73.3 Å². The standard InChI is InChI=1S/C9H9N3O2/c10-9-8(13)6-11-12(9)14-7-4-2-1-3-5-7/h1-6,13H,10H2. The van der Waals surface area contributed by atoms with E-state index in [1.54, 1.807) is 12.1 Å². The maximum atomic E-state index is 9.13. The first kappa shape index (κ1) is 8.43. The van der Waals surface area contributed by atoms with Gasteiger partial charge in [0.05, 0.1) is 6.20 Å². The molecule has 0 fully saturated rings. The zero-order valence-corrected chi connectivity index (χ0v) is 7.29. The van der Waals surface area contributed by atoms with Gasteiger partial charge in [0, 0.05) is 0 Å². The monoisotopic (exact) mass is 191 g/mol. The van der Waals surface area contributed by atoms with E-state index in [0.717, 1.165) is 4.85 Å². The predicted molar refractivity (Wildman–Crippen MR) is 50.8 cm³/mol. The molecule has 0 unspecified atom stereocenters. The molecule has 0 bridgehead atoms. The van der Waals surface area contributed by atoms with Crippen LogP contribution in [0.1, 0.15) is 0 Å². The van der Waals surface area contributed by atoms with Crippen LogP contribution in [0.3, 0.4) is 0 Å². The van der Waals surface area contributed by atoms with Crippen LogP contribution in [-0.4, -0.2) is 15.1 Å². The summed E-state index contributed by atoms with van der Waals surface area (Å²) < 4.78 is 0. The molecule has 1 aromatic heterocycles. The Hall–Kier alpha value is -2.17. The molecule has 72 valence electrons. The van der Waals surface area contributed by atoms with Gasteiger partial charge >= 0.3 is 0 Å². The highest BCUT2D eigenvalue weighted by Crippen LogP contribution is 2.19. The average Bonchev–Trinajstić information content (AvgIpc) is 2.52. The number of benzene rings is 1. The molecule has 0 radical (unpaired) electrons. The minimum absolute atomic E-state index is 0.0776. The summed E-state index contributed by atoms with van der Waals surface area (Å²) >= 11 is 0. The van der Waals surface area contributed by atoms with Crippen LogP contribution in [0.2, 0.25) is 0 Å². The summed E-state index contributed by atoms with van der Waals surface area (Å²) in [6, 6.07) is 9.05. The second-order valence-corrected chi connectivity index (χ2v) is 2.69. The summed E-state index contributed by atoms with van der Waals surface area (Å²) in [6.45, 7) is 0. The average molecular weight is 191 g/mol. The fraction of sp³-hybridized carbons (Fsp3) is 0. The van der Waals surface area contributed by atoms with Crippen LogP contribution in [0.25, 0.3) is 0 Å². The van der Waals surface area contributed by atoms with Gasteiger partial charge in [-0.25, -0.2) is 0 Å². The molecule has 14 heavy (non-hydrogen) atoms. The predicted octanol–water partition coefficient (Wildman–Crippen LogP) is 1.01. The van der Waals surface area contributed by atoms with Gasteiger partial charge in [0.1, 0.15) is 0 Å². The lowest BCUT2D eigenvalue weighted by atomic mass is 10.3. The van der Waals surface area contributed by atoms with Crippen LogP contribution in [0.5, 0.6) is 11.5 Å². The minimum atomic E-state index is -0.0964. The number of anilines is 1. The molecule has 0 aliphatic heterocycles. The maximum absolute atomic E-state index is 9.13. The summed E-state index contributed by atoms with van der Waals surface area (Å²) in [6.07, 6.45) is 1.22. The molecule has 0 amide bonds. The van der Waals surface area contributed by atoms with Gasteiger partial charge in [0.15, 0.2) is 11.5 Å². The molecule has 2 aromatic rings. The number of hydrogen-bond acceptors (Lipinski definition) is 4. The lowest BCUT2D eigenvalue weighted by Gasteiger charge is -2.04. The molecule has 1 heterocycles. The summed E-state index contributed by atoms with van der Waals surface area (Å²) in [5, 5.41) is 12.9. The van der Waals surface area contributed by atoms with Gasteiger partial charge in [-0.05, 0) is 12.1 Å². The highest BCUT2D eigenvalue weighted by atomic mass is 16.7. The number of aromatic nitrogens is 2. The van der Waals surface area contributed by atoms with Crippen molar-refractivity contribution >= 4 is 5.82 Å². The van der Waals surface area contributed by atoms with E-state index in [9.17, 15) is 0 Å². The summed E-state index contributed by atoms with van der Waals surface area (Å²) in [4.78, 5) is 6.31. The van der Waals surface area contributed by atoms with Crippen molar-refractivity contribution < 1.29 is 9.94 Å². The van der Waals surface area contributed by atoms with Crippen LogP contribution in [-0.2, 0) is 0 Å². The summed E-state index contributed by atoms with van der Waals surface area (Å²) in [5.74, 6) is 0.581. The third-order valence-electron chi connectivity index (χ3n) is 1.69. The van der Waals surface area contributed by atoms with E-state index >= 15 is 0 Å². The molecule has 0 spiro atoms. The number of nitrogens with zero attached hydrogens (tertiary/aromatic N) is 2. The van der Waals surface area contributed by atoms with Gasteiger partial charge in [-0.1, -0.05) is 23.0 Å². The Morgan fingerprint density at radius 1 is 1.29 bits per heavy atom. The number of rotatable bonds is 2. The van der Waals surface area contributed by atoms with Crippen LogP contribution in [0.15, 0.2) is 36.5 Å². The molecular formula is C9H9N3O2. The van der Waals surface area contributed by atoms with Crippen molar-refractivity contribution in [3.8, 4) is 11.5 Å². The van der Waals surface area contributed by atoms with Crippen LogP contribution in [0.4, 0.5) is 5.82 Å². The molecule has 0 aliphatic carbocycles. The quantitative estimate of drug-likeness (QED) is 0.743. The third kappa shape index (κ3) is 1.47. The Balaban J connectivity index is 2.23. The van der Waals surface area contributed by atoms with E-state index in [0.29, 0.717) is 5.75 Å². The Labute approximate surface area is 80.3 Å². The number of para-hydroxylation sites is 1. The fourth-order valence-electron chi connectivity index (χ4n) is 0.987. The SMILES string of the molecule is Nc1c(O)cnn1Oc1ccccc1. The Morgan fingerprint density at radius 2 is 2.00 bits per heavy atom. The van der Waals surface area contributed by atoms with E-state index in [1.807, 2.05) is 18.2 Å². The highest BCUT2D eigenvalue weighted by Gasteiger charge is 2.06. The zero-order chi connectivity index (χ0) is 9.97. The van der Waals surface area contributed by atoms with Crippen LogP contribution in [0, 0.1) is 0 Å². The van der Waals surface area contributed by atoms with Crippen molar-refractivity contribution in [2.24, 2.45) is 0 Å². The molecule has 0 aliphatic rings. The van der Waals surface area contributed by atoms with E-state index in [-0.39, 0.29) is 11.6 Å². The second-order valence-electron chi connectivity index (χ2n) is 2.69. The molecule has 0 saturated carbocycles. The largest absolute Gasteiger partial charge is 0.503 e. The Kier molecular flexibility index (Phi) is 1.98. The molecule has 3 N–H and O–H groups in total. The summed E-state index contributed by atoms with van der Waals surface area (Å²) in [5.41, 5.74) is 5.48. The van der Waals surface area contributed by atoms with Crippen molar-refractivity contribution in [2.45, 2.75) is 0 Å². The smallest absolute Gasteiger partial charge is 0.206 e. The molecule has 1 aromatic carbocycles. The normalized spacial score (nSPS) is 10.0. The van der Waals surface area contributed by atoms with Gasteiger partial charge in [0.25, 0.3) is 0 Å². The van der Waals surface area contributed by atoms with Gasteiger partial charge in [-0.15, -0.1) is 5.10 Å². The maximum Gasteiger partial charge on any atom is 0.206 e. The lowest BCUT2D eigenvalue weighted by molar-refractivity contribution is 0.184. The van der Waals surface area contributed by atoms with Gasteiger partial charge < -0.3 is 15.7 Å². The minimum Gasteiger partial charge on any atom is -0.503 e. The number of aromatic hydroxyl groups is 1. The van der Waals surface area contributed by atoms with Crippen molar-refractivity contribution in [1.29, 1.82) is 0 Å². The number of hydrogen-bond donors (Lipinski definition) is 2. The van der Waals surface area contributed by atoms with Crippen molar-refractivity contribution in [3.63, 3.8) is 0 Å². The van der Waals surface area contributed by atoms with E-state index < -0.39 is 0 Å². The van der Waals surface area contributed by atoms with Crippen LogP contribution < -0.4 is 10.6 Å². The van der Waals surface area contributed by atoms with E-state index in [4.69, 9.17) is 15.7 Å². The lowest BCUT2D eigenvalue weighted by Crippen LogP contribution is -2.10. The van der Waals surface area contributed by atoms with Crippen molar-refractivity contribution in [2.75, 3.05) is 5.73 Å². The van der Waals surface area contributed by atoms with E-state index in [1.165, 1.54) is 6.20 Å². The fourth-order valence-corrected chi connectivity index (χ4v) is 0.987. The Morgan fingerprint density at radius 3 is 2.57 bits per heavy atom. The third-order valence-corrected chi connectivity index (χ3v) is 1.69. The van der Waals surface area contributed by atoms with Crippen molar-refractivity contribution in [3.05, 3.63) is 36.5 Å². The van der Waals surface area contributed by atoms with Gasteiger partial charge in [-0.2, -0.15) is 0 Å². The van der Waals surface area contributed by atoms with Gasteiger partial charge in [0.2, 0.25) is 5.82 Å². The molecule has 5 heteroatoms. The molecule has 5 nitrogen and oxygen atoms in total. The zero-order valence-electron chi connectivity index (χ0n) is 7.29. The first-order valence-electron chi connectivity index (χ1n) is 4.03. The molecular weight excluding hydrogens is 182 g/mol. The first-order chi connectivity index (χ1) is 6.77. The van der Waals surface area contributed by atoms with Crippen LogP contribution >= 0.6 is 0 Å². The molecule has 0 atom stereocenters. The Bertz CT molecular complexity index is 425. The molecule has 0 saturated heterocycles. The highest BCUT2D eigenvalue weighted by molar-refractivity contribution is 5.43. The second kappa shape index (κ2) is 3.29. The number of nitrogens with two attached hydrogens (primary N) is 1. The van der Waals surface area contributed by atoms with Gasteiger partial charge in [-0.3, -0.25) is 0 Å². The van der Waals surface area contributed by atoms with Crippen molar-refractivity contribution in [1.82, 2.24) is 9.94 Å². The number of nitrogen functional groups attached to an aromatic ring is 1.